The Bertz CT molecular complexity index is 740. The van der Waals surface area contributed by atoms with Crippen LogP contribution in [0.1, 0.15) is 12.5 Å². The largest absolute Gasteiger partial charge is 0.398 e. The van der Waals surface area contributed by atoms with Gasteiger partial charge >= 0.3 is 0 Å². The molecule has 21 heavy (non-hydrogen) atoms. The lowest BCUT2D eigenvalue weighted by atomic mass is 10.2. The van der Waals surface area contributed by atoms with Gasteiger partial charge in [0.25, 0.3) is 10.0 Å². The maximum Gasteiger partial charge on any atom is 0.269 e. The number of halogens is 1. The summed E-state index contributed by atoms with van der Waals surface area (Å²) in [6, 6.07) is 10.9. The highest BCUT2D eigenvalue weighted by molar-refractivity contribution is 7.93. The van der Waals surface area contributed by atoms with Crippen LogP contribution in [0.4, 0.5) is 15.8 Å². The van der Waals surface area contributed by atoms with Crippen molar-refractivity contribution in [3.8, 4) is 0 Å². The van der Waals surface area contributed by atoms with E-state index in [1.807, 2.05) is 13.0 Å². The molecule has 4 nitrogen and oxygen atoms in total. The van der Waals surface area contributed by atoms with Gasteiger partial charge in [-0.2, -0.15) is 0 Å². The van der Waals surface area contributed by atoms with E-state index in [1.165, 1.54) is 12.1 Å². The molecule has 2 aromatic carbocycles. The summed E-state index contributed by atoms with van der Waals surface area (Å²) in [6.45, 7) is 3.73. The number of anilines is 2. The molecular formula is C15H17FN2O2S. The van der Waals surface area contributed by atoms with Gasteiger partial charge in [-0.15, -0.1) is 0 Å². The summed E-state index contributed by atoms with van der Waals surface area (Å²) in [6.07, 6.45) is 0. The highest BCUT2D eigenvalue weighted by Gasteiger charge is 2.29. The lowest BCUT2D eigenvalue weighted by molar-refractivity contribution is 0.565. The number of nitrogens with two attached hydrogens (primary N) is 1. The van der Waals surface area contributed by atoms with Crippen molar-refractivity contribution in [3.05, 3.63) is 53.8 Å². The van der Waals surface area contributed by atoms with E-state index < -0.39 is 20.7 Å². The van der Waals surface area contributed by atoms with Crippen molar-refractivity contribution in [2.24, 2.45) is 0 Å². The molecule has 0 radical (unpaired) electrons. The standard InChI is InChI=1S/C15H17FN2O2S/c1-3-18(12-7-4-6-11(2)10-12)21(19,20)15-13(16)8-5-9-14(15)17/h4-10H,3,17H2,1-2H3. The monoisotopic (exact) mass is 308 g/mol. The quantitative estimate of drug-likeness (QED) is 0.883. The Morgan fingerprint density at radius 1 is 1.19 bits per heavy atom. The summed E-state index contributed by atoms with van der Waals surface area (Å²) in [5, 5.41) is 0. The Morgan fingerprint density at radius 2 is 1.86 bits per heavy atom. The second-order valence-corrected chi connectivity index (χ2v) is 6.47. The van der Waals surface area contributed by atoms with E-state index in [2.05, 4.69) is 0 Å². The predicted octanol–water partition coefficient (Wildman–Crippen LogP) is 2.93. The number of sulfonamides is 1. The number of nitrogen functional groups attached to an aromatic ring is 1. The van der Waals surface area contributed by atoms with Gasteiger partial charge in [0.05, 0.1) is 11.4 Å². The molecule has 0 saturated carbocycles. The first-order valence-corrected chi connectivity index (χ1v) is 7.95. The molecule has 6 heteroatoms. The van der Waals surface area contributed by atoms with Gasteiger partial charge in [-0.25, -0.2) is 12.8 Å². The van der Waals surface area contributed by atoms with Crippen molar-refractivity contribution in [1.82, 2.24) is 0 Å². The molecular weight excluding hydrogens is 291 g/mol. The molecule has 0 amide bonds. The number of nitrogens with zero attached hydrogens (tertiary/aromatic N) is 1. The van der Waals surface area contributed by atoms with E-state index in [0.29, 0.717) is 5.69 Å². The van der Waals surface area contributed by atoms with E-state index in [1.54, 1.807) is 25.1 Å². The Labute approximate surface area is 124 Å². The molecule has 0 unspecified atom stereocenters. The van der Waals surface area contributed by atoms with Crippen molar-refractivity contribution in [3.63, 3.8) is 0 Å². The van der Waals surface area contributed by atoms with Crippen LogP contribution in [0.25, 0.3) is 0 Å². The minimum absolute atomic E-state index is 0.0962. The van der Waals surface area contributed by atoms with Crippen LogP contribution in [0.2, 0.25) is 0 Å². The number of hydrogen-bond acceptors (Lipinski definition) is 3. The Hall–Kier alpha value is -2.08. The van der Waals surface area contributed by atoms with E-state index >= 15 is 0 Å². The first kappa shape index (κ1) is 15.3. The highest BCUT2D eigenvalue weighted by Crippen LogP contribution is 2.29. The molecule has 0 atom stereocenters. The fourth-order valence-electron chi connectivity index (χ4n) is 2.18. The predicted molar refractivity (Wildman–Crippen MR) is 82.2 cm³/mol. The summed E-state index contributed by atoms with van der Waals surface area (Å²) in [4.78, 5) is -0.478. The maximum absolute atomic E-state index is 14.0. The minimum atomic E-state index is -4.05. The van der Waals surface area contributed by atoms with E-state index in [4.69, 9.17) is 5.73 Å². The third-order valence-corrected chi connectivity index (χ3v) is 5.12. The topological polar surface area (TPSA) is 63.4 Å². The smallest absolute Gasteiger partial charge is 0.269 e. The number of rotatable bonds is 4. The van der Waals surface area contributed by atoms with Gasteiger partial charge in [0.2, 0.25) is 0 Å². The highest BCUT2D eigenvalue weighted by atomic mass is 32.2. The van der Waals surface area contributed by atoms with Gasteiger partial charge in [-0.05, 0) is 43.7 Å². The lowest BCUT2D eigenvalue weighted by Gasteiger charge is -2.24. The van der Waals surface area contributed by atoms with E-state index in [-0.39, 0.29) is 12.2 Å². The molecule has 112 valence electrons. The molecule has 0 aliphatic rings. The van der Waals surface area contributed by atoms with Crippen LogP contribution in [0, 0.1) is 12.7 Å². The molecule has 2 rings (SSSR count). The Balaban J connectivity index is 2.61. The summed E-state index contributed by atoms with van der Waals surface area (Å²) in [5.74, 6) is -0.846. The molecule has 0 spiro atoms. The van der Waals surface area contributed by atoms with Crippen molar-refractivity contribution in [2.45, 2.75) is 18.7 Å². The average Bonchev–Trinajstić information content (AvgIpc) is 2.38. The van der Waals surface area contributed by atoms with Crippen LogP contribution in [0.5, 0.6) is 0 Å². The van der Waals surface area contributed by atoms with Crippen molar-refractivity contribution < 1.29 is 12.8 Å². The van der Waals surface area contributed by atoms with E-state index in [0.717, 1.165) is 15.9 Å². The molecule has 0 aromatic heterocycles. The molecule has 0 saturated heterocycles. The molecule has 0 aliphatic heterocycles. The molecule has 2 N–H and O–H groups in total. The summed E-state index contributed by atoms with van der Waals surface area (Å²) in [5.41, 5.74) is 6.97. The fourth-order valence-corrected chi connectivity index (χ4v) is 3.81. The maximum atomic E-state index is 14.0. The second kappa shape index (κ2) is 5.73. The zero-order valence-electron chi connectivity index (χ0n) is 11.9. The molecule has 2 aromatic rings. The van der Waals surface area contributed by atoms with Crippen LogP contribution in [0.3, 0.4) is 0 Å². The third kappa shape index (κ3) is 2.85. The second-order valence-electron chi connectivity index (χ2n) is 4.67. The summed E-state index contributed by atoms with van der Waals surface area (Å²) in [7, 11) is -4.05. The van der Waals surface area contributed by atoms with Gasteiger partial charge in [0.1, 0.15) is 10.7 Å². The third-order valence-electron chi connectivity index (χ3n) is 3.12. The number of hydrogen-bond donors (Lipinski definition) is 1. The first-order chi connectivity index (χ1) is 9.87. The molecule has 0 heterocycles. The zero-order chi connectivity index (χ0) is 15.6. The van der Waals surface area contributed by atoms with Gasteiger partial charge in [-0.1, -0.05) is 18.2 Å². The lowest BCUT2D eigenvalue weighted by Crippen LogP contribution is -2.32. The SMILES string of the molecule is CCN(c1cccc(C)c1)S(=O)(=O)c1c(N)cccc1F. The van der Waals surface area contributed by atoms with Gasteiger partial charge in [-0.3, -0.25) is 4.31 Å². The average molecular weight is 308 g/mol. The summed E-state index contributed by atoms with van der Waals surface area (Å²) >= 11 is 0. The Kier molecular flexibility index (Phi) is 4.18. The van der Waals surface area contributed by atoms with Crippen LogP contribution < -0.4 is 10.0 Å². The number of aryl methyl sites for hydroxylation is 1. The van der Waals surface area contributed by atoms with Gasteiger partial charge < -0.3 is 5.73 Å². The van der Waals surface area contributed by atoms with Gasteiger partial charge in [0.15, 0.2) is 0 Å². The Morgan fingerprint density at radius 3 is 2.43 bits per heavy atom. The van der Waals surface area contributed by atoms with Crippen LogP contribution in [-0.2, 0) is 10.0 Å². The van der Waals surface area contributed by atoms with Crippen molar-refractivity contribution in [2.75, 3.05) is 16.6 Å². The van der Waals surface area contributed by atoms with Crippen LogP contribution >= 0.6 is 0 Å². The van der Waals surface area contributed by atoms with Crippen molar-refractivity contribution >= 4 is 21.4 Å². The van der Waals surface area contributed by atoms with Crippen LogP contribution in [-0.4, -0.2) is 15.0 Å². The molecule has 0 bridgehead atoms. The molecule has 0 fully saturated rings. The van der Waals surface area contributed by atoms with Crippen molar-refractivity contribution in [1.29, 1.82) is 0 Å². The zero-order valence-corrected chi connectivity index (χ0v) is 12.7. The number of benzene rings is 2. The van der Waals surface area contributed by atoms with Crippen LogP contribution in [0.15, 0.2) is 47.4 Å². The van der Waals surface area contributed by atoms with E-state index in [9.17, 15) is 12.8 Å². The fraction of sp³-hybridized carbons (Fsp3) is 0.200. The molecule has 0 aliphatic carbocycles. The normalized spacial score (nSPS) is 11.4. The first-order valence-electron chi connectivity index (χ1n) is 6.51. The summed E-state index contributed by atoms with van der Waals surface area (Å²) < 4.78 is 40.5. The minimum Gasteiger partial charge on any atom is -0.398 e. The van der Waals surface area contributed by atoms with Gasteiger partial charge in [0, 0.05) is 6.54 Å².